The van der Waals surface area contributed by atoms with Crippen molar-refractivity contribution in [3.05, 3.63) is 226 Å². The number of Topliss-reactive ketones (excluding diaryl/α,β-unsaturated/α-hetero) is 4. The summed E-state index contributed by atoms with van der Waals surface area (Å²) in [7, 11) is 0. The third-order valence-corrected chi connectivity index (χ3v) is 30.6. The minimum absolute atomic E-state index is 0.0112. The minimum atomic E-state index is -0.898. The number of nitrogens with zero attached hydrogens (tertiary/aromatic N) is 8. The number of H-pyrrole nitrogens is 4. The summed E-state index contributed by atoms with van der Waals surface area (Å²) in [6.45, 7) is 21.5. The lowest BCUT2D eigenvalue weighted by molar-refractivity contribution is -0.138. The van der Waals surface area contributed by atoms with E-state index in [1.165, 1.54) is 23.3 Å². The molecule has 12 atom stereocenters. The van der Waals surface area contributed by atoms with Crippen LogP contribution in [0.25, 0.3) is 22.5 Å². The number of halogens is 2. The quantitative estimate of drug-likeness (QED) is 0.0176. The highest BCUT2D eigenvalue weighted by molar-refractivity contribution is 5.97. The molecule has 149 heavy (non-hydrogen) atoms. The van der Waals surface area contributed by atoms with Gasteiger partial charge in [-0.1, -0.05) is 131 Å². The van der Waals surface area contributed by atoms with Crippen molar-refractivity contribution >= 4 is 70.4 Å². The number of benzene rings is 5. The first-order valence-electron chi connectivity index (χ1n) is 54.6. The molecule has 8 amide bonds. The number of nitrogens with one attached hydrogen (secondary N) is 8. The number of ether oxygens (including phenoxy) is 1. The second-order valence-electron chi connectivity index (χ2n) is 43.5. The molecule has 8 aliphatic rings. The van der Waals surface area contributed by atoms with Crippen LogP contribution in [-0.2, 0) is 75.1 Å². The van der Waals surface area contributed by atoms with E-state index in [0.29, 0.717) is 110 Å². The third kappa shape index (κ3) is 34.1. The van der Waals surface area contributed by atoms with Crippen molar-refractivity contribution < 1.29 is 71.1 Å². The van der Waals surface area contributed by atoms with E-state index in [9.17, 15) is 66.3 Å². The van der Waals surface area contributed by atoms with E-state index in [2.05, 4.69) is 92.3 Å². The lowest BCUT2D eigenvalue weighted by Crippen LogP contribution is -2.48. The summed E-state index contributed by atoms with van der Waals surface area (Å²) in [6.07, 6.45) is 29.3. The van der Waals surface area contributed by atoms with Gasteiger partial charge in [0, 0.05) is 180 Å². The molecule has 9 heterocycles. The Morgan fingerprint density at radius 1 is 0.349 bits per heavy atom. The van der Waals surface area contributed by atoms with E-state index >= 15 is 0 Å². The van der Waals surface area contributed by atoms with Crippen LogP contribution in [0.5, 0.6) is 0 Å². The molecule has 5 aliphatic heterocycles. The fourth-order valence-corrected chi connectivity index (χ4v) is 21.0. The standard InChI is InChI=1S/C32H38N4O3.C30H41FN4O4.C28H37FN4O3.C28H38N4O3/c1-22(32-33-21-26(34-32)18-23-9-4-2-5-10-23)17-29(37)27(35-30(38)19-24-14-15-24)20-31(39)36-16-8-13-28(36)25-11-6-3-7-12-25;1-19-7-8-23(24(31)14-19)26-18-32-30(34-26)20(2)15-27(36)25(17-29(38)35-11-5-4-6-21(35)3)33-28(37)16-22-9-12-39-13-10-22;1-17-7-10-21(22(29)12-17)24-16-30-28(32-24)18(2)13-25(34)23(31-26(35)14-20-8-9-20)15-27(36)33-11-5-4-6-19(33)3;1-19(28-29-18-23(30-28)15-21-9-4-3-5-10-21)14-25(33)24(31-26(34)16-22-11-12-22)17-27(35)32-13-7-6-8-20(32)2/h2-7,9-12,21-22,24,27-28H,8,13-20H2,1H3,(H,33,34)(H,35,38);7-8,14,18,20-22,25H,4-6,9-13,15-17H2,1-3H3,(H,32,34)(H,33,37);7,10,12,16,18-20,23H,4-6,8-9,11,13-15H2,1-3H3,(H,30,32)(H,31,35);3-5,9-10,18-20,22,24H,6-8,11-17H2,1-2H3,(H,29,30)(H,31,34)/t22-,27+,28-;20-,21+,25+;18-,19+,23+;19-,20+,24+/m1111/s1. The zero-order valence-electron chi connectivity index (χ0n) is 88.4. The molecule has 3 aliphatic carbocycles. The Hall–Kier alpha value is -12.8. The van der Waals surface area contributed by atoms with E-state index in [-0.39, 0.29) is 187 Å². The summed E-state index contributed by atoms with van der Waals surface area (Å²) in [5.74, 6) is 0.897. The van der Waals surface area contributed by atoms with E-state index < -0.39 is 24.2 Å². The minimum Gasteiger partial charge on any atom is -0.381 e. The van der Waals surface area contributed by atoms with Gasteiger partial charge in [-0.2, -0.15) is 0 Å². The molecular formula is C118H154F2N16O13. The molecule has 0 spiro atoms. The molecule has 31 heteroatoms. The maximum Gasteiger partial charge on any atom is 0.225 e. The average Bonchev–Trinajstić information content (AvgIpc) is 1.69. The lowest BCUT2D eigenvalue weighted by atomic mass is 9.94. The van der Waals surface area contributed by atoms with Crippen molar-refractivity contribution in [1.29, 1.82) is 0 Å². The van der Waals surface area contributed by atoms with Crippen molar-refractivity contribution in [1.82, 2.24) is 80.7 Å². The van der Waals surface area contributed by atoms with Crippen LogP contribution < -0.4 is 21.3 Å². The van der Waals surface area contributed by atoms with Crippen molar-refractivity contribution in [2.75, 3.05) is 39.4 Å². The Bertz CT molecular complexity index is 5990. The molecule has 8 N–H and O–H groups in total. The molecule has 9 aromatic rings. The maximum absolute atomic E-state index is 14.5. The van der Waals surface area contributed by atoms with Gasteiger partial charge in [0.25, 0.3) is 0 Å². The number of carbonyl (C=O) groups is 12. The van der Waals surface area contributed by atoms with Crippen LogP contribution in [0, 0.1) is 49.2 Å². The number of amides is 8. The number of aromatic nitrogens is 8. The van der Waals surface area contributed by atoms with Gasteiger partial charge in [0.15, 0.2) is 23.1 Å². The summed E-state index contributed by atoms with van der Waals surface area (Å²) in [6, 6.07) is 37.5. The monoisotopic (exact) mass is 2040 g/mol. The lowest BCUT2D eigenvalue weighted by Gasteiger charge is -2.34. The van der Waals surface area contributed by atoms with Crippen LogP contribution in [0.1, 0.15) is 340 Å². The fourth-order valence-electron chi connectivity index (χ4n) is 21.0. The maximum atomic E-state index is 14.5. The van der Waals surface area contributed by atoms with Gasteiger partial charge in [-0.15, -0.1) is 0 Å². The van der Waals surface area contributed by atoms with Gasteiger partial charge < -0.3 is 65.5 Å². The average molecular weight is 2040 g/mol. The summed E-state index contributed by atoms with van der Waals surface area (Å²) in [4.78, 5) is 196. The van der Waals surface area contributed by atoms with Gasteiger partial charge in [0.05, 0.1) is 79.7 Å². The first kappa shape index (κ1) is 112. The molecule has 0 unspecified atom stereocenters. The summed E-state index contributed by atoms with van der Waals surface area (Å²) in [5.41, 5.74) is 9.05. The van der Waals surface area contributed by atoms with Gasteiger partial charge in [-0.05, 0) is 232 Å². The van der Waals surface area contributed by atoms with Gasteiger partial charge >= 0.3 is 0 Å². The SMILES string of the molecule is C[C@H](CC(=O)[C@H](CC(=O)N1CCCC[C@@H]1C)NC(=O)CC1CC1)c1ncc(Cc2ccccc2)[nH]1.C[C@H](CC(=O)[C@H](CC(=O)N1CCC[C@@H]1c1ccccc1)NC(=O)CC1CC1)c1ncc(Cc2ccccc2)[nH]1.Cc1ccc(-c2cnc([C@H](C)CC(=O)[C@H](CC(=O)N3CCCC[C@@H]3C)NC(=O)CC3CC3)[nH]2)c(F)c1.Cc1ccc(-c2cnc([C@H](C)CC(=O)[C@H](CC(=O)N3CCCC[C@@H]3C)NC(=O)CC3CCOCC3)[nH]2)c(F)c1. The number of hydrogen-bond donors (Lipinski definition) is 8. The fraction of sp³-hybridized carbons (Fsp3) is 0.542. The second-order valence-corrected chi connectivity index (χ2v) is 43.5. The zero-order chi connectivity index (χ0) is 106. The topological polar surface area (TPSA) is 390 Å². The van der Waals surface area contributed by atoms with Crippen LogP contribution in [0.2, 0.25) is 0 Å². The molecule has 798 valence electrons. The van der Waals surface area contributed by atoms with Crippen molar-refractivity contribution in [3.63, 3.8) is 0 Å². The number of aromatic amines is 4. The molecular weight excluding hydrogens is 1890 g/mol. The highest BCUT2D eigenvalue weighted by atomic mass is 19.1. The van der Waals surface area contributed by atoms with Crippen LogP contribution in [0.3, 0.4) is 0 Å². The van der Waals surface area contributed by atoms with E-state index in [0.717, 1.165) is 181 Å². The Kier molecular flexibility index (Phi) is 41.0. The van der Waals surface area contributed by atoms with Crippen LogP contribution in [0.15, 0.2) is 152 Å². The number of carbonyl (C=O) groups excluding carboxylic acids is 12. The smallest absolute Gasteiger partial charge is 0.225 e. The van der Waals surface area contributed by atoms with Crippen LogP contribution in [0.4, 0.5) is 8.78 Å². The normalized spacial score (nSPS) is 19.4. The van der Waals surface area contributed by atoms with Gasteiger partial charge in [0.2, 0.25) is 47.3 Å². The Morgan fingerprint density at radius 2 is 0.651 bits per heavy atom. The number of ketones is 4. The van der Waals surface area contributed by atoms with Gasteiger partial charge in [0.1, 0.15) is 34.9 Å². The number of rotatable bonds is 43. The largest absolute Gasteiger partial charge is 0.381 e. The number of likely N-dealkylation sites (tertiary alicyclic amines) is 4. The molecule has 0 radical (unpaired) electrons. The predicted octanol–water partition coefficient (Wildman–Crippen LogP) is 18.6. The van der Waals surface area contributed by atoms with Crippen LogP contribution in [-0.4, -0.2) is 212 Å². The van der Waals surface area contributed by atoms with E-state index in [1.807, 2.05) is 166 Å². The van der Waals surface area contributed by atoms with Crippen molar-refractivity contribution in [2.45, 2.75) is 346 Å². The molecule has 0 bridgehead atoms. The molecule has 3 saturated carbocycles. The number of aryl methyl sites for hydroxylation is 2. The van der Waals surface area contributed by atoms with E-state index in [4.69, 9.17) is 4.74 Å². The van der Waals surface area contributed by atoms with E-state index in [1.54, 1.807) is 24.5 Å². The summed E-state index contributed by atoms with van der Waals surface area (Å²) < 4.78 is 34.3. The molecule has 4 aromatic heterocycles. The van der Waals surface area contributed by atoms with Crippen molar-refractivity contribution in [2.24, 2.45) is 23.7 Å². The predicted molar refractivity (Wildman–Crippen MR) is 567 cm³/mol. The first-order chi connectivity index (χ1) is 71.8. The third-order valence-electron chi connectivity index (χ3n) is 30.6. The number of piperidine rings is 3. The summed E-state index contributed by atoms with van der Waals surface area (Å²) >= 11 is 0. The highest BCUT2D eigenvalue weighted by Gasteiger charge is 2.40. The highest BCUT2D eigenvalue weighted by Crippen LogP contribution is 2.38. The molecule has 5 aromatic carbocycles. The number of imidazole rings is 4. The van der Waals surface area contributed by atoms with Gasteiger partial charge in [-0.25, -0.2) is 28.7 Å². The Balaban J connectivity index is 0.000000157. The zero-order valence-corrected chi connectivity index (χ0v) is 88.4. The molecule has 17 rings (SSSR count). The molecule has 29 nitrogen and oxygen atoms in total. The Morgan fingerprint density at radius 3 is 0.973 bits per heavy atom. The second kappa shape index (κ2) is 54.6. The molecule has 5 saturated heterocycles. The van der Waals surface area contributed by atoms with Crippen LogP contribution >= 0.6 is 0 Å². The molecule has 8 fully saturated rings. The van der Waals surface area contributed by atoms with Crippen molar-refractivity contribution in [3.8, 4) is 22.5 Å². The Labute approximate surface area is 875 Å². The van der Waals surface area contributed by atoms with Gasteiger partial charge in [-0.3, -0.25) is 57.5 Å². The first-order valence-corrected chi connectivity index (χ1v) is 54.6. The number of hydrogen-bond acceptors (Lipinski definition) is 17. The summed E-state index contributed by atoms with van der Waals surface area (Å²) in [5, 5.41) is 11.6.